The van der Waals surface area contributed by atoms with Gasteiger partial charge in [0.2, 0.25) is 0 Å². The van der Waals surface area contributed by atoms with E-state index in [2.05, 4.69) is 11.8 Å². The molecule has 1 heterocycles. The fourth-order valence-corrected chi connectivity index (χ4v) is 12.2. The van der Waals surface area contributed by atoms with Crippen LogP contribution in [0.3, 0.4) is 0 Å². The largest absolute Gasteiger partial charge is 0.458 e. The molecule has 1 saturated heterocycles. The van der Waals surface area contributed by atoms with Crippen molar-refractivity contribution in [2.45, 2.75) is 75.3 Å². The molecule has 7 rings (SSSR count). The maximum atomic E-state index is 13.7. The number of benzene rings is 1. The highest BCUT2D eigenvalue weighted by Crippen LogP contribution is 2.80. The number of hydrogen-bond donors (Lipinski definition) is 1. The Kier molecular flexibility index (Phi) is 7.46. The van der Waals surface area contributed by atoms with E-state index < -0.39 is 28.6 Å². The zero-order chi connectivity index (χ0) is 31.2. The van der Waals surface area contributed by atoms with Gasteiger partial charge in [0.1, 0.15) is 11.7 Å². The van der Waals surface area contributed by atoms with Gasteiger partial charge in [0.05, 0.1) is 36.6 Å². The Bertz CT molecular complexity index is 1280. The number of methoxy groups -OCH3 is 4. The number of ether oxygens (including phenoxy) is 6. The fourth-order valence-electron chi connectivity index (χ4n) is 12.2. The van der Waals surface area contributed by atoms with Gasteiger partial charge in [-0.15, -0.1) is 0 Å². The molecule has 7 bridgehead atoms. The van der Waals surface area contributed by atoms with Gasteiger partial charge < -0.3 is 33.5 Å². The van der Waals surface area contributed by atoms with Crippen molar-refractivity contribution in [3.63, 3.8) is 0 Å². The summed E-state index contributed by atoms with van der Waals surface area (Å²) in [6, 6.07) is 9.02. The van der Waals surface area contributed by atoms with Gasteiger partial charge in [0, 0.05) is 95.3 Å². The second-order valence-electron chi connectivity index (χ2n) is 14.1. The number of fused-ring (bicyclic) bond motifs is 2. The molecule has 10 nitrogen and oxygen atoms in total. The smallest absolute Gasteiger partial charge is 0.338 e. The molecule has 10 heteroatoms. The summed E-state index contributed by atoms with van der Waals surface area (Å²) in [7, 11) is 6.88. The van der Waals surface area contributed by atoms with Gasteiger partial charge in [-0.2, -0.15) is 0 Å². The predicted molar refractivity (Wildman–Crippen MR) is 158 cm³/mol. The van der Waals surface area contributed by atoms with Crippen molar-refractivity contribution in [1.29, 1.82) is 0 Å². The SMILES string of the molecule is CCN1C[C@]2(COC)[C@H](O)C[C@@H](OC)[C@@]34[C@@H]5C[C@H]6[C@H](OC(=O)c7ccccc7)[C@@H]5[C@@](OC(C)=O)(C[C@@H]6OC)[C@@H]([C@@H](OC)[C@H]23)[C@@H]14. The lowest BCUT2D eigenvalue weighted by molar-refractivity contribution is -0.297. The van der Waals surface area contributed by atoms with Crippen LogP contribution in [0, 0.1) is 40.4 Å². The van der Waals surface area contributed by atoms with Crippen LogP contribution in [-0.4, -0.2) is 112 Å². The minimum absolute atomic E-state index is 0.0367. The lowest BCUT2D eigenvalue weighted by Gasteiger charge is -2.70. The molecule has 1 aromatic carbocycles. The van der Waals surface area contributed by atoms with E-state index in [-0.39, 0.29) is 65.9 Å². The van der Waals surface area contributed by atoms with E-state index in [1.54, 1.807) is 40.6 Å². The molecule has 1 N–H and O–H groups in total. The Labute approximate surface area is 259 Å². The summed E-state index contributed by atoms with van der Waals surface area (Å²) < 4.78 is 38.3. The van der Waals surface area contributed by atoms with Crippen LogP contribution in [0.5, 0.6) is 0 Å². The monoisotopic (exact) mass is 613 g/mol. The van der Waals surface area contributed by atoms with Gasteiger partial charge in [-0.3, -0.25) is 9.69 Å². The Morgan fingerprint density at radius 2 is 1.75 bits per heavy atom. The molecule has 0 aromatic heterocycles. The van der Waals surface area contributed by atoms with Gasteiger partial charge in [0.25, 0.3) is 0 Å². The van der Waals surface area contributed by atoms with Gasteiger partial charge >= 0.3 is 11.9 Å². The van der Waals surface area contributed by atoms with Crippen LogP contribution in [0.25, 0.3) is 0 Å². The van der Waals surface area contributed by atoms with Crippen LogP contribution >= 0.6 is 0 Å². The Morgan fingerprint density at radius 1 is 1.00 bits per heavy atom. The molecule has 0 radical (unpaired) electrons. The maximum absolute atomic E-state index is 13.7. The molecule has 0 unspecified atom stereocenters. The number of piperidine rings is 1. The third-order valence-electron chi connectivity index (χ3n) is 13.0. The number of carbonyl (C=O) groups excluding carboxylic acids is 2. The third-order valence-corrected chi connectivity index (χ3v) is 13.0. The number of aliphatic hydroxyl groups is 1. The highest BCUT2D eigenvalue weighted by Gasteiger charge is 2.89. The van der Waals surface area contributed by atoms with Crippen molar-refractivity contribution in [3.05, 3.63) is 35.9 Å². The van der Waals surface area contributed by atoms with Crippen LogP contribution in [0.1, 0.15) is 43.5 Å². The second kappa shape index (κ2) is 10.7. The summed E-state index contributed by atoms with van der Waals surface area (Å²) in [4.78, 5) is 29.4. The van der Waals surface area contributed by atoms with Gasteiger partial charge in [-0.1, -0.05) is 25.1 Å². The standard InChI is InChI=1S/C34H47NO9/c1-7-35-16-32(17-39-3)23(37)14-24(41-5)34-21-13-20-22(40-4)15-33(44-18(2)36,26(30(34)35)28(42-6)29(32)34)25(21)27(20)43-31(38)19-11-9-8-10-12-19/h8-12,20-30,37H,7,13-17H2,1-6H3/t20-,21-,22+,23-,24-,25-,26+,27+,28-,29-,30-,32+,33+,34+/m1/s1. The molecular formula is C34H47NO9. The van der Waals surface area contributed by atoms with Crippen molar-refractivity contribution >= 4 is 11.9 Å². The minimum atomic E-state index is -1.01. The molecule has 242 valence electrons. The highest BCUT2D eigenvalue weighted by atomic mass is 16.6. The number of hydrogen-bond acceptors (Lipinski definition) is 10. The number of nitrogens with zero attached hydrogens (tertiary/aromatic N) is 1. The Morgan fingerprint density at radius 3 is 2.36 bits per heavy atom. The number of carbonyl (C=O) groups is 2. The third kappa shape index (κ3) is 3.64. The molecule has 5 aliphatic carbocycles. The lowest BCUT2D eigenvalue weighted by Crippen LogP contribution is -2.79. The molecule has 5 saturated carbocycles. The molecule has 0 amide bonds. The number of likely N-dealkylation sites (tertiary alicyclic amines) is 1. The molecule has 6 fully saturated rings. The predicted octanol–water partition coefficient (Wildman–Crippen LogP) is 2.56. The topological polar surface area (TPSA) is 113 Å². The van der Waals surface area contributed by atoms with E-state index in [9.17, 15) is 14.7 Å². The van der Waals surface area contributed by atoms with Crippen LogP contribution in [0.2, 0.25) is 0 Å². The van der Waals surface area contributed by atoms with Gasteiger partial charge in [0.15, 0.2) is 0 Å². The summed E-state index contributed by atoms with van der Waals surface area (Å²) >= 11 is 0. The summed E-state index contributed by atoms with van der Waals surface area (Å²) in [5.74, 6) is -1.57. The summed E-state index contributed by atoms with van der Waals surface area (Å²) in [6.07, 6.45) is -0.424. The van der Waals surface area contributed by atoms with Crippen molar-refractivity contribution in [2.24, 2.45) is 40.4 Å². The van der Waals surface area contributed by atoms with Crippen molar-refractivity contribution in [3.8, 4) is 0 Å². The first-order valence-electron chi connectivity index (χ1n) is 16.1. The zero-order valence-electron chi connectivity index (χ0n) is 26.6. The van der Waals surface area contributed by atoms with Gasteiger partial charge in [-0.05, 0) is 31.0 Å². The normalized spacial score (nSPS) is 48.2. The quantitative estimate of drug-likeness (QED) is 0.417. The molecular weight excluding hydrogens is 566 g/mol. The van der Waals surface area contributed by atoms with E-state index in [1.807, 2.05) is 18.2 Å². The summed E-state index contributed by atoms with van der Waals surface area (Å²) in [6.45, 7) is 5.40. The van der Waals surface area contributed by atoms with E-state index in [1.165, 1.54) is 6.92 Å². The fraction of sp³-hybridized carbons (Fsp3) is 0.765. The van der Waals surface area contributed by atoms with Crippen LogP contribution in [0.15, 0.2) is 30.3 Å². The average molecular weight is 614 g/mol. The van der Waals surface area contributed by atoms with Crippen LogP contribution in [0.4, 0.5) is 0 Å². The molecule has 14 atom stereocenters. The number of esters is 2. The first-order valence-corrected chi connectivity index (χ1v) is 16.1. The summed E-state index contributed by atoms with van der Waals surface area (Å²) in [5.41, 5.74) is -1.61. The van der Waals surface area contributed by atoms with Crippen molar-refractivity contribution < 1.29 is 43.1 Å². The lowest BCUT2D eigenvalue weighted by atomic mass is 9.42. The van der Waals surface area contributed by atoms with E-state index in [0.29, 0.717) is 31.6 Å². The molecule has 1 aromatic rings. The molecule has 6 aliphatic rings. The van der Waals surface area contributed by atoms with E-state index in [4.69, 9.17) is 28.4 Å². The minimum Gasteiger partial charge on any atom is -0.458 e. The van der Waals surface area contributed by atoms with Crippen molar-refractivity contribution in [2.75, 3.05) is 48.1 Å². The second-order valence-corrected chi connectivity index (χ2v) is 14.1. The van der Waals surface area contributed by atoms with Gasteiger partial charge in [-0.25, -0.2) is 4.79 Å². The Balaban J connectivity index is 1.48. The van der Waals surface area contributed by atoms with E-state index in [0.717, 1.165) is 13.0 Å². The first-order chi connectivity index (χ1) is 21.2. The van der Waals surface area contributed by atoms with Crippen LogP contribution < -0.4 is 0 Å². The summed E-state index contributed by atoms with van der Waals surface area (Å²) in [5, 5.41) is 12.0. The zero-order valence-corrected chi connectivity index (χ0v) is 26.6. The average Bonchev–Trinajstić information content (AvgIpc) is 3.44. The Hall–Kier alpha value is -2.08. The number of aliphatic hydroxyl groups excluding tert-OH is 1. The van der Waals surface area contributed by atoms with Crippen LogP contribution in [-0.2, 0) is 33.2 Å². The molecule has 1 aliphatic heterocycles. The maximum Gasteiger partial charge on any atom is 0.338 e. The van der Waals surface area contributed by atoms with Crippen molar-refractivity contribution in [1.82, 2.24) is 4.90 Å². The number of rotatable bonds is 9. The molecule has 44 heavy (non-hydrogen) atoms. The highest BCUT2D eigenvalue weighted by molar-refractivity contribution is 5.89. The molecule has 1 spiro atoms. The van der Waals surface area contributed by atoms with E-state index >= 15 is 0 Å². The first kappa shape index (κ1) is 30.6.